The highest BCUT2D eigenvalue weighted by Crippen LogP contribution is 2.32. The number of amides is 3. The molecule has 0 saturated carbocycles. The van der Waals surface area contributed by atoms with Crippen molar-refractivity contribution >= 4 is 17.6 Å². The lowest BCUT2D eigenvalue weighted by atomic mass is 10.2. The standard InChI is InChI=1S/C18H28N4O4/c1-4-22-12-14(26-16-8-6-5-7-15(16)22)11-21(2)13-17(23)20-18(24)19-9-10-25-3/h5-8,14H,4,9-13H2,1-3H3,(H2,19,20,23,24). The molecule has 1 heterocycles. The molecule has 0 saturated heterocycles. The number of benzene rings is 1. The molecule has 1 aromatic rings. The maximum atomic E-state index is 12.0. The molecule has 1 aromatic carbocycles. The predicted octanol–water partition coefficient (Wildman–Crippen LogP) is 0.678. The normalized spacial score (nSPS) is 16.0. The number of anilines is 1. The first-order chi connectivity index (χ1) is 12.5. The summed E-state index contributed by atoms with van der Waals surface area (Å²) in [5.41, 5.74) is 1.10. The predicted molar refractivity (Wildman–Crippen MR) is 99.7 cm³/mol. The molecule has 8 nitrogen and oxygen atoms in total. The second-order valence-electron chi connectivity index (χ2n) is 6.24. The maximum absolute atomic E-state index is 12.0. The first kappa shape index (κ1) is 20.0. The number of rotatable bonds is 8. The van der Waals surface area contributed by atoms with Crippen molar-refractivity contribution in [2.45, 2.75) is 13.0 Å². The Kier molecular flexibility index (Phi) is 7.68. The molecule has 0 radical (unpaired) electrons. The summed E-state index contributed by atoms with van der Waals surface area (Å²) in [5, 5.41) is 4.85. The molecule has 2 rings (SSSR count). The fourth-order valence-electron chi connectivity index (χ4n) is 2.91. The van der Waals surface area contributed by atoms with E-state index in [1.807, 2.05) is 30.1 Å². The molecule has 0 spiro atoms. The smallest absolute Gasteiger partial charge is 0.321 e. The number of fused-ring (bicyclic) bond motifs is 1. The Labute approximate surface area is 154 Å². The Bertz CT molecular complexity index is 611. The summed E-state index contributed by atoms with van der Waals surface area (Å²) in [6.07, 6.45) is -0.0434. The molecule has 0 aliphatic carbocycles. The number of para-hydroxylation sites is 2. The maximum Gasteiger partial charge on any atom is 0.321 e. The lowest BCUT2D eigenvalue weighted by Crippen LogP contribution is -2.49. The molecule has 0 fully saturated rings. The van der Waals surface area contributed by atoms with Gasteiger partial charge in [0.25, 0.3) is 0 Å². The third-order valence-electron chi connectivity index (χ3n) is 4.08. The molecular formula is C18H28N4O4. The van der Waals surface area contributed by atoms with Gasteiger partial charge in [0.2, 0.25) is 5.91 Å². The van der Waals surface area contributed by atoms with Crippen molar-refractivity contribution in [1.29, 1.82) is 0 Å². The van der Waals surface area contributed by atoms with E-state index in [1.165, 1.54) is 0 Å². The molecule has 0 aromatic heterocycles. The van der Waals surface area contributed by atoms with Gasteiger partial charge in [-0.05, 0) is 26.1 Å². The molecular weight excluding hydrogens is 336 g/mol. The molecule has 0 bridgehead atoms. The van der Waals surface area contributed by atoms with E-state index in [1.54, 1.807) is 7.11 Å². The summed E-state index contributed by atoms with van der Waals surface area (Å²) >= 11 is 0. The number of hydrogen-bond donors (Lipinski definition) is 2. The van der Waals surface area contributed by atoms with Gasteiger partial charge in [-0.15, -0.1) is 0 Å². The summed E-state index contributed by atoms with van der Waals surface area (Å²) in [6.45, 7) is 5.22. The van der Waals surface area contributed by atoms with Crippen LogP contribution in [0.4, 0.5) is 10.5 Å². The third-order valence-corrected chi connectivity index (χ3v) is 4.08. The number of nitrogens with one attached hydrogen (secondary N) is 2. The second-order valence-corrected chi connectivity index (χ2v) is 6.24. The van der Waals surface area contributed by atoms with E-state index in [2.05, 4.69) is 28.5 Å². The zero-order valence-corrected chi connectivity index (χ0v) is 15.7. The number of methoxy groups -OCH3 is 1. The van der Waals surface area contributed by atoms with Gasteiger partial charge < -0.3 is 19.7 Å². The molecule has 1 aliphatic heterocycles. The molecule has 144 valence electrons. The number of carbonyl (C=O) groups excluding carboxylic acids is 2. The van der Waals surface area contributed by atoms with Gasteiger partial charge in [0.05, 0.1) is 25.4 Å². The van der Waals surface area contributed by atoms with Crippen LogP contribution in [-0.4, -0.2) is 76.4 Å². The highest BCUT2D eigenvalue weighted by Gasteiger charge is 2.26. The first-order valence-corrected chi connectivity index (χ1v) is 8.79. The monoisotopic (exact) mass is 364 g/mol. The van der Waals surface area contributed by atoms with E-state index in [-0.39, 0.29) is 18.6 Å². The van der Waals surface area contributed by atoms with Gasteiger partial charge in [0.15, 0.2) is 0 Å². The van der Waals surface area contributed by atoms with Crippen LogP contribution in [0, 0.1) is 0 Å². The largest absolute Gasteiger partial charge is 0.485 e. The van der Waals surface area contributed by atoms with Gasteiger partial charge in [0, 0.05) is 26.7 Å². The lowest BCUT2D eigenvalue weighted by molar-refractivity contribution is -0.121. The minimum absolute atomic E-state index is 0.0434. The molecule has 3 amide bonds. The zero-order chi connectivity index (χ0) is 18.9. The van der Waals surface area contributed by atoms with Gasteiger partial charge in [-0.25, -0.2) is 4.79 Å². The van der Waals surface area contributed by atoms with Crippen LogP contribution in [0.15, 0.2) is 24.3 Å². The van der Waals surface area contributed by atoms with Crippen molar-refractivity contribution in [2.24, 2.45) is 0 Å². The summed E-state index contributed by atoms with van der Waals surface area (Å²) in [6, 6.07) is 7.45. The van der Waals surface area contributed by atoms with Crippen molar-refractivity contribution < 1.29 is 19.1 Å². The SMILES string of the molecule is CCN1CC(CN(C)CC(=O)NC(=O)NCCOC)Oc2ccccc21. The minimum Gasteiger partial charge on any atom is -0.485 e. The number of urea groups is 1. The number of ether oxygens (including phenoxy) is 2. The molecule has 26 heavy (non-hydrogen) atoms. The second kappa shape index (κ2) is 9.98. The van der Waals surface area contributed by atoms with Crippen LogP contribution in [-0.2, 0) is 9.53 Å². The van der Waals surface area contributed by atoms with E-state index in [9.17, 15) is 9.59 Å². The topological polar surface area (TPSA) is 83.1 Å². The Morgan fingerprint density at radius 2 is 2.15 bits per heavy atom. The first-order valence-electron chi connectivity index (χ1n) is 8.79. The molecule has 1 aliphatic rings. The van der Waals surface area contributed by atoms with Gasteiger partial charge in [-0.1, -0.05) is 12.1 Å². The minimum atomic E-state index is -0.513. The van der Waals surface area contributed by atoms with Crippen molar-refractivity contribution in [3.63, 3.8) is 0 Å². The molecule has 1 atom stereocenters. The van der Waals surface area contributed by atoms with Crippen LogP contribution >= 0.6 is 0 Å². The number of nitrogens with zero attached hydrogens (tertiary/aromatic N) is 2. The van der Waals surface area contributed by atoms with Gasteiger partial charge in [0.1, 0.15) is 11.9 Å². The van der Waals surface area contributed by atoms with Crippen LogP contribution in [0.1, 0.15) is 6.92 Å². The van der Waals surface area contributed by atoms with Crippen LogP contribution in [0.3, 0.4) is 0 Å². The average Bonchev–Trinajstić information content (AvgIpc) is 2.60. The Morgan fingerprint density at radius 3 is 2.88 bits per heavy atom. The van der Waals surface area contributed by atoms with Gasteiger partial charge in [-0.3, -0.25) is 15.0 Å². The molecule has 2 N–H and O–H groups in total. The van der Waals surface area contributed by atoms with Crippen LogP contribution < -0.4 is 20.3 Å². The summed E-state index contributed by atoms with van der Waals surface area (Å²) in [4.78, 5) is 27.6. The van der Waals surface area contributed by atoms with Crippen molar-refractivity contribution in [3.8, 4) is 5.75 Å². The van der Waals surface area contributed by atoms with E-state index >= 15 is 0 Å². The third kappa shape index (κ3) is 5.89. The number of carbonyl (C=O) groups is 2. The van der Waals surface area contributed by atoms with Crippen molar-refractivity contribution in [1.82, 2.24) is 15.5 Å². The lowest BCUT2D eigenvalue weighted by Gasteiger charge is -2.37. The van der Waals surface area contributed by atoms with E-state index in [0.29, 0.717) is 19.7 Å². The summed E-state index contributed by atoms with van der Waals surface area (Å²) < 4.78 is 10.9. The quantitative estimate of drug-likeness (QED) is 0.660. The van der Waals surface area contributed by atoms with E-state index in [0.717, 1.165) is 24.5 Å². The summed E-state index contributed by atoms with van der Waals surface area (Å²) in [5.74, 6) is 0.506. The average molecular weight is 364 g/mol. The summed E-state index contributed by atoms with van der Waals surface area (Å²) in [7, 11) is 3.38. The Morgan fingerprint density at radius 1 is 1.38 bits per heavy atom. The van der Waals surface area contributed by atoms with Crippen LogP contribution in [0.5, 0.6) is 5.75 Å². The zero-order valence-electron chi connectivity index (χ0n) is 15.7. The van der Waals surface area contributed by atoms with Crippen LogP contribution in [0.25, 0.3) is 0 Å². The fourth-order valence-corrected chi connectivity index (χ4v) is 2.91. The molecule has 8 heteroatoms. The van der Waals surface area contributed by atoms with Gasteiger partial charge in [-0.2, -0.15) is 0 Å². The Hall–Kier alpha value is -2.32. The highest BCUT2D eigenvalue weighted by molar-refractivity contribution is 5.95. The van der Waals surface area contributed by atoms with E-state index in [4.69, 9.17) is 9.47 Å². The van der Waals surface area contributed by atoms with Crippen LogP contribution in [0.2, 0.25) is 0 Å². The Balaban J connectivity index is 1.80. The number of hydrogen-bond acceptors (Lipinski definition) is 6. The fraction of sp³-hybridized carbons (Fsp3) is 0.556. The van der Waals surface area contributed by atoms with Crippen molar-refractivity contribution in [3.05, 3.63) is 24.3 Å². The molecule has 1 unspecified atom stereocenters. The number of imide groups is 1. The van der Waals surface area contributed by atoms with Gasteiger partial charge >= 0.3 is 6.03 Å². The van der Waals surface area contributed by atoms with Crippen molar-refractivity contribution in [2.75, 3.05) is 58.4 Å². The highest BCUT2D eigenvalue weighted by atomic mass is 16.5. The number of likely N-dealkylation sites (N-methyl/N-ethyl adjacent to an activating group) is 2. The van der Waals surface area contributed by atoms with E-state index < -0.39 is 6.03 Å².